The molecular formula is C12H14N4. The minimum Gasteiger partial charge on any atom is -0.294 e. The van der Waals surface area contributed by atoms with Gasteiger partial charge in [-0.25, -0.2) is 9.97 Å². The molecule has 0 aliphatic rings. The molecule has 0 aromatic carbocycles. The standard InChI is InChI=1S/C12H14N4/c1-9(2)8-16-11-10(4-3-5-13-11)15-7-6-14-12(15)16/h3-7,9H,8H2,1-2H3. The molecule has 0 aliphatic carbocycles. The van der Waals surface area contributed by atoms with Gasteiger partial charge in [0.1, 0.15) is 0 Å². The van der Waals surface area contributed by atoms with Gasteiger partial charge in [-0.3, -0.25) is 8.97 Å². The third kappa shape index (κ3) is 1.23. The number of imidazole rings is 2. The lowest BCUT2D eigenvalue weighted by Gasteiger charge is -2.06. The zero-order valence-corrected chi connectivity index (χ0v) is 9.46. The molecule has 0 fully saturated rings. The van der Waals surface area contributed by atoms with E-state index in [0.29, 0.717) is 5.92 Å². The van der Waals surface area contributed by atoms with Crippen LogP contribution in [0.4, 0.5) is 0 Å². The van der Waals surface area contributed by atoms with E-state index in [-0.39, 0.29) is 0 Å². The highest BCUT2D eigenvalue weighted by Gasteiger charge is 2.12. The van der Waals surface area contributed by atoms with Crippen LogP contribution in [0, 0.1) is 5.92 Å². The van der Waals surface area contributed by atoms with Crippen LogP contribution in [0.2, 0.25) is 0 Å². The molecule has 0 atom stereocenters. The predicted octanol–water partition coefficient (Wildman–Crippen LogP) is 2.34. The second-order valence-electron chi connectivity index (χ2n) is 4.45. The number of hydrogen-bond acceptors (Lipinski definition) is 2. The summed E-state index contributed by atoms with van der Waals surface area (Å²) in [6.45, 7) is 5.35. The van der Waals surface area contributed by atoms with Gasteiger partial charge < -0.3 is 0 Å². The van der Waals surface area contributed by atoms with Crippen LogP contribution in [0.5, 0.6) is 0 Å². The molecule has 82 valence electrons. The summed E-state index contributed by atoms with van der Waals surface area (Å²) in [7, 11) is 0. The van der Waals surface area contributed by atoms with Crippen molar-refractivity contribution in [1.29, 1.82) is 0 Å². The van der Waals surface area contributed by atoms with Gasteiger partial charge in [0.2, 0.25) is 5.78 Å². The molecule has 4 nitrogen and oxygen atoms in total. The summed E-state index contributed by atoms with van der Waals surface area (Å²) in [4.78, 5) is 8.84. The summed E-state index contributed by atoms with van der Waals surface area (Å²) in [5.41, 5.74) is 2.13. The second kappa shape index (κ2) is 3.33. The Hall–Kier alpha value is -1.84. The van der Waals surface area contributed by atoms with Gasteiger partial charge in [0.05, 0.1) is 5.52 Å². The maximum Gasteiger partial charge on any atom is 0.216 e. The van der Waals surface area contributed by atoms with E-state index in [1.807, 2.05) is 24.7 Å². The van der Waals surface area contributed by atoms with Crippen molar-refractivity contribution in [2.45, 2.75) is 20.4 Å². The van der Waals surface area contributed by atoms with Gasteiger partial charge in [-0.2, -0.15) is 0 Å². The Balaban J connectivity index is 2.38. The first-order valence-electron chi connectivity index (χ1n) is 5.53. The second-order valence-corrected chi connectivity index (χ2v) is 4.45. The topological polar surface area (TPSA) is 35.1 Å². The fourth-order valence-electron chi connectivity index (χ4n) is 2.10. The van der Waals surface area contributed by atoms with E-state index in [1.165, 1.54) is 0 Å². The van der Waals surface area contributed by atoms with Gasteiger partial charge in [-0.15, -0.1) is 0 Å². The minimum absolute atomic E-state index is 0.582. The SMILES string of the molecule is CC(C)Cn1c2ncccc2n2ccnc12. The van der Waals surface area contributed by atoms with Crippen molar-refractivity contribution in [2.75, 3.05) is 0 Å². The summed E-state index contributed by atoms with van der Waals surface area (Å²) in [6.07, 6.45) is 5.65. The number of nitrogens with zero attached hydrogens (tertiary/aromatic N) is 4. The van der Waals surface area contributed by atoms with Crippen molar-refractivity contribution in [2.24, 2.45) is 5.92 Å². The quantitative estimate of drug-likeness (QED) is 0.656. The zero-order chi connectivity index (χ0) is 11.1. The van der Waals surface area contributed by atoms with Crippen LogP contribution in [0.15, 0.2) is 30.7 Å². The van der Waals surface area contributed by atoms with Gasteiger partial charge in [-0.1, -0.05) is 13.8 Å². The maximum absolute atomic E-state index is 4.45. The molecule has 3 aromatic heterocycles. The molecule has 0 N–H and O–H groups in total. The molecule has 0 bridgehead atoms. The van der Waals surface area contributed by atoms with Gasteiger partial charge in [0.25, 0.3) is 0 Å². The van der Waals surface area contributed by atoms with E-state index in [1.54, 1.807) is 0 Å². The van der Waals surface area contributed by atoms with Crippen molar-refractivity contribution in [3.63, 3.8) is 0 Å². The number of rotatable bonds is 2. The van der Waals surface area contributed by atoms with Crippen LogP contribution in [-0.2, 0) is 6.54 Å². The largest absolute Gasteiger partial charge is 0.294 e. The Morgan fingerprint density at radius 2 is 2.12 bits per heavy atom. The lowest BCUT2D eigenvalue weighted by Crippen LogP contribution is -2.05. The Labute approximate surface area is 93.5 Å². The van der Waals surface area contributed by atoms with Crippen LogP contribution in [0.3, 0.4) is 0 Å². The van der Waals surface area contributed by atoms with Crippen molar-refractivity contribution in [3.05, 3.63) is 30.7 Å². The molecule has 0 radical (unpaired) electrons. The average Bonchev–Trinajstić information content (AvgIpc) is 2.82. The van der Waals surface area contributed by atoms with E-state index in [4.69, 9.17) is 0 Å². The molecule has 3 rings (SSSR count). The van der Waals surface area contributed by atoms with Crippen molar-refractivity contribution in [3.8, 4) is 0 Å². The van der Waals surface area contributed by atoms with E-state index in [0.717, 1.165) is 23.5 Å². The smallest absolute Gasteiger partial charge is 0.216 e. The molecule has 0 spiro atoms. The van der Waals surface area contributed by atoms with Crippen LogP contribution >= 0.6 is 0 Å². The number of pyridine rings is 1. The zero-order valence-electron chi connectivity index (χ0n) is 9.46. The fraction of sp³-hybridized carbons (Fsp3) is 0.333. The molecule has 4 heteroatoms. The molecule has 0 unspecified atom stereocenters. The molecule has 3 aromatic rings. The molecule has 3 heterocycles. The number of hydrogen-bond donors (Lipinski definition) is 0. The van der Waals surface area contributed by atoms with E-state index in [2.05, 4.69) is 38.8 Å². The molecule has 0 amide bonds. The van der Waals surface area contributed by atoms with Crippen molar-refractivity contribution >= 4 is 16.9 Å². The lowest BCUT2D eigenvalue weighted by molar-refractivity contribution is 0.539. The number of aromatic nitrogens is 4. The summed E-state index contributed by atoms with van der Waals surface area (Å²) in [5.74, 6) is 1.56. The third-order valence-corrected chi connectivity index (χ3v) is 2.69. The fourth-order valence-corrected chi connectivity index (χ4v) is 2.10. The van der Waals surface area contributed by atoms with Crippen LogP contribution in [0.25, 0.3) is 16.9 Å². The highest BCUT2D eigenvalue weighted by Crippen LogP contribution is 2.18. The van der Waals surface area contributed by atoms with E-state index < -0.39 is 0 Å². The Morgan fingerprint density at radius 3 is 2.94 bits per heavy atom. The average molecular weight is 214 g/mol. The lowest BCUT2D eigenvalue weighted by atomic mass is 10.2. The summed E-state index contributed by atoms with van der Waals surface area (Å²) >= 11 is 0. The normalized spacial score (nSPS) is 11.9. The van der Waals surface area contributed by atoms with Crippen LogP contribution < -0.4 is 0 Å². The summed E-state index contributed by atoms with van der Waals surface area (Å²) < 4.78 is 4.27. The monoisotopic (exact) mass is 214 g/mol. The summed E-state index contributed by atoms with van der Waals surface area (Å²) in [6, 6.07) is 4.04. The minimum atomic E-state index is 0.582. The van der Waals surface area contributed by atoms with Gasteiger partial charge >= 0.3 is 0 Å². The third-order valence-electron chi connectivity index (χ3n) is 2.69. The maximum atomic E-state index is 4.45. The molecule has 0 saturated carbocycles. The highest BCUT2D eigenvalue weighted by molar-refractivity contribution is 5.76. The molecule has 0 saturated heterocycles. The van der Waals surface area contributed by atoms with Crippen LogP contribution in [-0.4, -0.2) is 18.9 Å². The predicted molar refractivity (Wildman–Crippen MR) is 63.3 cm³/mol. The highest BCUT2D eigenvalue weighted by atomic mass is 15.2. The number of fused-ring (bicyclic) bond motifs is 3. The van der Waals surface area contributed by atoms with Crippen molar-refractivity contribution < 1.29 is 0 Å². The summed E-state index contributed by atoms with van der Waals surface area (Å²) in [5, 5.41) is 0. The van der Waals surface area contributed by atoms with Crippen LogP contribution in [0.1, 0.15) is 13.8 Å². The Morgan fingerprint density at radius 1 is 1.25 bits per heavy atom. The van der Waals surface area contributed by atoms with E-state index >= 15 is 0 Å². The van der Waals surface area contributed by atoms with Gasteiger partial charge in [0.15, 0.2) is 5.65 Å². The molecular weight excluding hydrogens is 200 g/mol. The Bertz CT molecular complexity index is 633. The molecule has 0 aliphatic heterocycles. The first-order valence-corrected chi connectivity index (χ1v) is 5.53. The van der Waals surface area contributed by atoms with Gasteiger partial charge in [0, 0.05) is 25.1 Å². The van der Waals surface area contributed by atoms with E-state index in [9.17, 15) is 0 Å². The first kappa shape index (κ1) is 9.39. The Kier molecular flexibility index (Phi) is 1.96. The molecule has 16 heavy (non-hydrogen) atoms. The first-order chi connectivity index (χ1) is 7.77. The van der Waals surface area contributed by atoms with Gasteiger partial charge in [-0.05, 0) is 18.1 Å². The van der Waals surface area contributed by atoms with Crippen molar-refractivity contribution in [1.82, 2.24) is 18.9 Å².